The number of nitrogens with zero attached hydrogens (tertiary/aromatic N) is 3. The van der Waals surface area contributed by atoms with E-state index in [0.29, 0.717) is 23.8 Å². The zero-order chi connectivity index (χ0) is 22.3. The van der Waals surface area contributed by atoms with Crippen LogP contribution < -0.4 is 9.64 Å². The molecule has 1 fully saturated rings. The molecule has 0 unspecified atom stereocenters. The number of benzene rings is 2. The lowest BCUT2D eigenvalue weighted by atomic mass is 10.3. The van der Waals surface area contributed by atoms with Crippen molar-refractivity contribution in [3.05, 3.63) is 48.3 Å². The second kappa shape index (κ2) is 11.1. The fraction of sp³-hybridized carbons (Fsp3) is 0.391. The molecular formula is C23H26FN3O3S2. The van der Waals surface area contributed by atoms with E-state index in [1.807, 2.05) is 18.2 Å². The van der Waals surface area contributed by atoms with Gasteiger partial charge in [0.05, 0.1) is 30.5 Å². The molecule has 0 radical (unpaired) electrons. The summed E-state index contributed by atoms with van der Waals surface area (Å²) in [5.74, 6) is 1.15. The Morgan fingerprint density at radius 2 is 2.03 bits per heavy atom. The van der Waals surface area contributed by atoms with Gasteiger partial charge in [-0.15, -0.1) is 11.8 Å². The molecule has 170 valence electrons. The largest absolute Gasteiger partial charge is 0.497 e. The van der Waals surface area contributed by atoms with Crippen LogP contribution in [0.4, 0.5) is 9.52 Å². The van der Waals surface area contributed by atoms with E-state index in [2.05, 4.69) is 4.90 Å². The third-order valence-electron chi connectivity index (χ3n) is 5.26. The molecule has 9 heteroatoms. The number of hydrogen-bond donors (Lipinski definition) is 0. The normalized spacial score (nSPS) is 14.6. The molecule has 0 atom stereocenters. The predicted molar refractivity (Wildman–Crippen MR) is 128 cm³/mol. The molecule has 32 heavy (non-hydrogen) atoms. The number of methoxy groups -OCH3 is 1. The lowest BCUT2D eigenvalue weighted by molar-refractivity contribution is -0.118. The summed E-state index contributed by atoms with van der Waals surface area (Å²) in [5, 5.41) is 0.707. The number of halogens is 1. The van der Waals surface area contributed by atoms with E-state index in [1.54, 1.807) is 35.9 Å². The summed E-state index contributed by atoms with van der Waals surface area (Å²) in [6.45, 7) is 4.56. The number of thioether (sulfide) groups is 1. The number of amides is 1. The second-order valence-electron chi connectivity index (χ2n) is 7.38. The van der Waals surface area contributed by atoms with Crippen LogP contribution in [0.2, 0.25) is 0 Å². The Morgan fingerprint density at radius 3 is 2.78 bits per heavy atom. The first-order valence-corrected chi connectivity index (χ1v) is 12.4. The van der Waals surface area contributed by atoms with E-state index in [9.17, 15) is 9.18 Å². The number of thiazole rings is 1. The summed E-state index contributed by atoms with van der Waals surface area (Å²) in [6.07, 6.45) is 0.379. The molecule has 0 aliphatic carbocycles. The van der Waals surface area contributed by atoms with E-state index < -0.39 is 0 Å². The third kappa shape index (κ3) is 5.98. The predicted octanol–water partition coefficient (Wildman–Crippen LogP) is 4.29. The average molecular weight is 476 g/mol. The monoisotopic (exact) mass is 475 g/mol. The summed E-state index contributed by atoms with van der Waals surface area (Å²) in [6, 6.07) is 12.1. The number of carbonyl (C=O) groups excluding carboxylic acids is 1. The van der Waals surface area contributed by atoms with Gasteiger partial charge in [0.25, 0.3) is 0 Å². The van der Waals surface area contributed by atoms with Gasteiger partial charge in [0.15, 0.2) is 5.13 Å². The number of aromatic nitrogens is 1. The van der Waals surface area contributed by atoms with Crippen molar-refractivity contribution in [1.29, 1.82) is 0 Å². The van der Waals surface area contributed by atoms with Gasteiger partial charge in [-0.05, 0) is 36.4 Å². The number of ether oxygens (including phenoxy) is 2. The number of carbonyl (C=O) groups is 1. The van der Waals surface area contributed by atoms with E-state index in [-0.39, 0.29) is 11.7 Å². The SMILES string of the molecule is COc1ccc2sc(N(CCN3CCOCC3)C(=O)CCSc3ccc(F)cc3)nc2c1. The molecule has 2 aromatic carbocycles. The molecule has 2 heterocycles. The van der Waals surface area contributed by atoms with Crippen molar-refractivity contribution in [2.75, 3.05) is 57.2 Å². The molecule has 1 aromatic heterocycles. The van der Waals surface area contributed by atoms with Crippen molar-refractivity contribution in [3.8, 4) is 5.75 Å². The molecule has 0 N–H and O–H groups in total. The Balaban J connectivity index is 1.45. The zero-order valence-corrected chi connectivity index (χ0v) is 19.6. The highest BCUT2D eigenvalue weighted by atomic mass is 32.2. The van der Waals surface area contributed by atoms with Crippen LogP contribution in [0, 0.1) is 5.82 Å². The van der Waals surface area contributed by atoms with E-state index in [1.165, 1.54) is 23.5 Å². The molecule has 0 spiro atoms. The topological polar surface area (TPSA) is 54.9 Å². The fourth-order valence-corrected chi connectivity index (χ4v) is 5.28. The average Bonchev–Trinajstić information content (AvgIpc) is 3.24. The molecule has 1 amide bonds. The van der Waals surface area contributed by atoms with Crippen LogP contribution in [0.3, 0.4) is 0 Å². The zero-order valence-electron chi connectivity index (χ0n) is 18.0. The standard InChI is InChI=1S/C23H26FN3O3S2/c1-29-18-4-7-21-20(16-18)25-23(32-21)27(10-9-26-11-13-30-14-12-26)22(28)8-15-31-19-5-2-17(24)3-6-19/h2-7,16H,8-15H2,1H3. The number of fused-ring (bicyclic) bond motifs is 1. The maximum atomic E-state index is 13.2. The second-order valence-corrected chi connectivity index (χ2v) is 9.56. The lowest BCUT2D eigenvalue weighted by Crippen LogP contribution is -2.43. The Hall–Kier alpha value is -2.20. The van der Waals surface area contributed by atoms with Crippen LogP contribution in [0.25, 0.3) is 10.2 Å². The Kier molecular flexibility index (Phi) is 7.96. The highest BCUT2D eigenvalue weighted by Gasteiger charge is 2.21. The number of rotatable bonds is 9. The molecule has 0 bridgehead atoms. The highest BCUT2D eigenvalue weighted by molar-refractivity contribution is 7.99. The van der Waals surface area contributed by atoms with Crippen LogP contribution in [-0.2, 0) is 9.53 Å². The third-order valence-corrected chi connectivity index (χ3v) is 7.33. The van der Waals surface area contributed by atoms with Crippen LogP contribution in [-0.4, -0.2) is 68.0 Å². The minimum atomic E-state index is -0.257. The van der Waals surface area contributed by atoms with Crippen molar-refractivity contribution in [3.63, 3.8) is 0 Å². The summed E-state index contributed by atoms with van der Waals surface area (Å²) in [4.78, 5) is 23.0. The minimum absolute atomic E-state index is 0.0406. The molecule has 3 aromatic rings. The molecule has 4 rings (SSSR count). The Morgan fingerprint density at radius 1 is 1.25 bits per heavy atom. The van der Waals surface area contributed by atoms with Crippen LogP contribution in [0.1, 0.15) is 6.42 Å². The molecule has 1 aliphatic rings. The van der Waals surface area contributed by atoms with Gasteiger partial charge in [-0.3, -0.25) is 14.6 Å². The van der Waals surface area contributed by atoms with Gasteiger partial charge in [-0.1, -0.05) is 11.3 Å². The van der Waals surface area contributed by atoms with Crippen molar-refractivity contribution in [1.82, 2.24) is 9.88 Å². The summed E-state index contributed by atoms with van der Waals surface area (Å²) < 4.78 is 24.9. The van der Waals surface area contributed by atoms with E-state index in [4.69, 9.17) is 14.5 Å². The van der Waals surface area contributed by atoms with Gasteiger partial charge in [0, 0.05) is 49.3 Å². The first-order valence-electron chi connectivity index (χ1n) is 10.6. The highest BCUT2D eigenvalue weighted by Crippen LogP contribution is 2.32. The van der Waals surface area contributed by atoms with Crippen LogP contribution >= 0.6 is 23.1 Å². The van der Waals surface area contributed by atoms with Gasteiger partial charge in [0.2, 0.25) is 5.91 Å². The maximum Gasteiger partial charge on any atom is 0.229 e. The first kappa shape index (κ1) is 23.0. The molecule has 1 aliphatic heterocycles. The van der Waals surface area contributed by atoms with E-state index in [0.717, 1.165) is 53.7 Å². The van der Waals surface area contributed by atoms with Gasteiger partial charge in [-0.2, -0.15) is 0 Å². The Labute approximate surface area is 195 Å². The van der Waals surface area contributed by atoms with Gasteiger partial charge < -0.3 is 9.47 Å². The van der Waals surface area contributed by atoms with Crippen LogP contribution in [0.5, 0.6) is 5.75 Å². The van der Waals surface area contributed by atoms with E-state index >= 15 is 0 Å². The van der Waals surface area contributed by atoms with Gasteiger partial charge >= 0.3 is 0 Å². The fourth-order valence-electron chi connectivity index (χ4n) is 3.45. The molecule has 0 saturated carbocycles. The van der Waals surface area contributed by atoms with Gasteiger partial charge in [-0.25, -0.2) is 9.37 Å². The van der Waals surface area contributed by atoms with Crippen molar-refractivity contribution < 1.29 is 18.7 Å². The lowest BCUT2D eigenvalue weighted by Gasteiger charge is -2.29. The first-order chi connectivity index (χ1) is 15.6. The number of morpholine rings is 1. The minimum Gasteiger partial charge on any atom is -0.497 e. The molecule has 6 nitrogen and oxygen atoms in total. The van der Waals surface area contributed by atoms with Crippen LogP contribution in [0.15, 0.2) is 47.4 Å². The van der Waals surface area contributed by atoms with Crippen molar-refractivity contribution in [2.45, 2.75) is 11.3 Å². The van der Waals surface area contributed by atoms with Crippen molar-refractivity contribution in [2.24, 2.45) is 0 Å². The quantitative estimate of drug-likeness (QED) is 0.431. The summed E-state index contributed by atoms with van der Waals surface area (Å²) in [5.41, 5.74) is 0.828. The molecular weight excluding hydrogens is 449 g/mol. The maximum absolute atomic E-state index is 13.2. The van der Waals surface area contributed by atoms with Gasteiger partial charge in [0.1, 0.15) is 11.6 Å². The molecule has 1 saturated heterocycles. The smallest absolute Gasteiger partial charge is 0.229 e. The van der Waals surface area contributed by atoms with Crippen molar-refractivity contribution >= 4 is 44.4 Å². The number of anilines is 1. The number of hydrogen-bond acceptors (Lipinski definition) is 7. The Bertz CT molecular complexity index is 1040. The summed E-state index contributed by atoms with van der Waals surface area (Å²) >= 11 is 3.07. The summed E-state index contributed by atoms with van der Waals surface area (Å²) in [7, 11) is 1.63.